The number of nitrogens with one attached hydrogen (secondary N) is 1. The Bertz CT molecular complexity index is 2490. The van der Waals surface area contributed by atoms with Crippen LogP contribution in [-0.2, 0) is 16.2 Å². The lowest BCUT2D eigenvalue weighted by Crippen LogP contribution is -2.73. The number of anilines is 3. The van der Waals surface area contributed by atoms with Gasteiger partial charge in [0, 0.05) is 40.6 Å². The van der Waals surface area contributed by atoms with Crippen molar-refractivity contribution in [2.45, 2.75) is 71.6 Å². The highest BCUT2D eigenvalue weighted by atomic mass is 28.3. The van der Waals surface area contributed by atoms with Crippen molar-refractivity contribution < 1.29 is 0 Å². The summed E-state index contributed by atoms with van der Waals surface area (Å²) in [5.74, 6) is 0.869. The summed E-state index contributed by atoms with van der Waals surface area (Å²) in [5, 5.41) is 5.31. The third kappa shape index (κ3) is 5.09. The van der Waals surface area contributed by atoms with E-state index in [1.807, 2.05) is 24.7 Å². The van der Waals surface area contributed by atoms with Gasteiger partial charge in [0.25, 0.3) is 0 Å². The van der Waals surface area contributed by atoms with Gasteiger partial charge in [0.05, 0.1) is 11.4 Å². The SMILES string of the molecule is CC(C)(C)c1ccc2c(c1)-c1cc(C(C)(C)C)ccc1[Si]2(c1cccc(N2c3ccccc3C(C)(C)c3ccc(-c4ncc[nH]4)cc32)c1)c1ccccn1. The maximum absolute atomic E-state index is 5.26. The van der Waals surface area contributed by atoms with Crippen molar-refractivity contribution in [3.05, 3.63) is 162 Å². The fourth-order valence-electron chi connectivity index (χ4n) is 9.03. The molecule has 2 aliphatic heterocycles. The summed E-state index contributed by atoms with van der Waals surface area (Å²) in [6, 6.07) is 46.2. The molecule has 54 heavy (non-hydrogen) atoms. The Morgan fingerprint density at radius 3 is 1.89 bits per heavy atom. The van der Waals surface area contributed by atoms with Crippen molar-refractivity contribution in [3.63, 3.8) is 0 Å². The number of nitrogens with zero attached hydrogens (tertiary/aromatic N) is 3. The molecule has 1 N–H and O–H groups in total. The number of aromatic nitrogens is 3. The van der Waals surface area contributed by atoms with Crippen molar-refractivity contribution >= 4 is 46.0 Å². The van der Waals surface area contributed by atoms with Crippen molar-refractivity contribution in [1.29, 1.82) is 0 Å². The van der Waals surface area contributed by atoms with Crippen molar-refractivity contribution in [3.8, 4) is 22.5 Å². The molecule has 4 heterocycles. The van der Waals surface area contributed by atoms with Gasteiger partial charge in [-0.3, -0.25) is 4.98 Å². The van der Waals surface area contributed by atoms with Crippen LogP contribution >= 0.6 is 0 Å². The highest BCUT2D eigenvalue weighted by Crippen LogP contribution is 2.52. The van der Waals surface area contributed by atoms with E-state index < -0.39 is 8.07 Å². The molecule has 7 aromatic rings. The molecule has 0 amide bonds. The van der Waals surface area contributed by atoms with Crippen LogP contribution in [0.1, 0.15) is 77.6 Å². The number of imidazole rings is 1. The molecule has 0 saturated heterocycles. The molecule has 2 aliphatic rings. The highest BCUT2D eigenvalue weighted by Gasteiger charge is 2.51. The van der Waals surface area contributed by atoms with E-state index in [4.69, 9.17) is 4.98 Å². The normalized spacial score (nSPS) is 15.3. The molecule has 9 rings (SSSR count). The Hall–Kier alpha value is -5.52. The maximum atomic E-state index is 5.26. The Labute approximate surface area is 321 Å². The standard InChI is InChI=1S/C49H48N4Si/c1-47(2,3)33-20-23-43-37(29-33)38-30-34(48(4,5)6)21-24-44(38)54(43,45-18-11-12-25-50-45)36-15-13-14-35(31-36)53-41-17-10-9-16-39(41)49(7,8)40-22-19-32(28-42(40)53)46-51-26-27-52-46/h9-31H,1-8H3,(H,51,52). The predicted octanol–water partition coefficient (Wildman–Crippen LogP) is 9.53. The van der Waals surface area contributed by atoms with Gasteiger partial charge in [0.2, 0.25) is 8.07 Å². The minimum atomic E-state index is -2.90. The number of pyridine rings is 1. The number of rotatable bonds is 4. The largest absolute Gasteiger partial charge is 0.345 e. The maximum Gasteiger partial charge on any atom is 0.203 e. The number of benzene rings is 5. The number of fused-ring (bicyclic) bond motifs is 5. The van der Waals surface area contributed by atoms with Crippen LogP contribution in [-0.4, -0.2) is 23.0 Å². The fourth-order valence-corrected chi connectivity index (χ4v) is 14.0. The number of para-hydroxylation sites is 1. The monoisotopic (exact) mass is 720 g/mol. The molecule has 0 unspecified atom stereocenters. The molecule has 4 nitrogen and oxygen atoms in total. The molecule has 0 aliphatic carbocycles. The van der Waals surface area contributed by atoms with Crippen molar-refractivity contribution in [2.24, 2.45) is 0 Å². The van der Waals surface area contributed by atoms with Crippen molar-refractivity contribution in [1.82, 2.24) is 15.0 Å². The summed E-state index contributed by atoms with van der Waals surface area (Å²) in [4.78, 5) is 15.7. The van der Waals surface area contributed by atoms with Gasteiger partial charge in [-0.1, -0.05) is 140 Å². The van der Waals surface area contributed by atoms with Crippen LogP contribution in [0.2, 0.25) is 0 Å². The Morgan fingerprint density at radius 2 is 1.26 bits per heavy atom. The van der Waals surface area contributed by atoms with Crippen LogP contribution in [0.4, 0.5) is 17.1 Å². The van der Waals surface area contributed by atoms with Gasteiger partial charge < -0.3 is 9.88 Å². The summed E-state index contributed by atoms with van der Waals surface area (Å²) >= 11 is 0. The average molecular weight is 721 g/mol. The van der Waals surface area contributed by atoms with Gasteiger partial charge in [-0.25, -0.2) is 4.98 Å². The molecule has 0 fully saturated rings. The van der Waals surface area contributed by atoms with Gasteiger partial charge in [-0.15, -0.1) is 0 Å². The zero-order valence-electron chi connectivity index (χ0n) is 32.6. The first kappa shape index (κ1) is 34.3. The molecule has 0 spiro atoms. The summed E-state index contributed by atoms with van der Waals surface area (Å²) in [6.45, 7) is 18.6. The topological polar surface area (TPSA) is 44.8 Å². The van der Waals surface area contributed by atoms with Gasteiger partial charge >= 0.3 is 0 Å². The van der Waals surface area contributed by atoms with Crippen LogP contribution in [0.25, 0.3) is 22.5 Å². The number of hydrogen-bond acceptors (Lipinski definition) is 3. The van der Waals surface area contributed by atoms with E-state index in [1.165, 1.54) is 60.3 Å². The van der Waals surface area contributed by atoms with Gasteiger partial charge in [-0.2, -0.15) is 0 Å². The molecule has 268 valence electrons. The molecule has 5 aromatic carbocycles. The van der Waals surface area contributed by atoms with E-state index in [-0.39, 0.29) is 16.2 Å². The lowest BCUT2D eigenvalue weighted by molar-refractivity contribution is 0.589. The predicted molar refractivity (Wildman–Crippen MR) is 229 cm³/mol. The van der Waals surface area contributed by atoms with Gasteiger partial charge in [-0.05, 0) is 96.2 Å². The average Bonchev–Trinajstić information content (AvgIpc) is 3.80. The van der Waals surface area contributed by atoms with Crippen LogP contribution in [0.15, 0.2) is 140 Å². The number of aromatic amines is 1. The summed E-state index contributed by atoms with van der Waals surface area (Å²) in [5.41, 5.74) is 12.4. The molecule has 0 saturated carbocycles. The minimum absolute atomic E-state index is 0.0197. The van der Waals surface area contributed by atoms with Gasteiger partial charge in [0.1, 0.15) is 5.82 Å². The lowest BCUT2D eigenvalue weighted by atomic mass is 9.73. The zero-order valence-corrected chi connectivity index (χ0v) is 33.6. The lowest BCUT2D eigenvalue weighted by Gasteiger charge is -2.42. The van der Waals surface area contributed by atoms with E-state index in [2.05, 4.69) is 186 Å². The van der Waals surface area contributed by atoms with E-state index in [0.29, 0.717) is 0 Å². The second kappa shape index (κ2) is 12.0. The zero-order chi connectivity index (χ0) is 37.6. The third-order valence-electron chi connectivity index (χ3n) is 12.0. The molecule has 2 aromatic heterocycles. The first-order chi connectivity index (χ1) is 25.8. The Balaban J connectivity index is 1.34. The molecular weight excluding hydrogens is 673 g/mol. The quantitative estimate of drug-likeness (QED) is 0.184. The van der Waals surface area contributed by atoms with Crippen LogP contribution in [0.5, 0.6) is 0 Å². The minimum Gasteiger partial charge on any atom is -0.345 e. The second-order valence-electron chi connectivity index (χ2n) is 17.7. The highest BCUT2D eigenvalue weighted by molar-refractivity contribution is 7.21. The van der Waals surface area contributed by atoms with E-state index in [9.17, 15) is 0 Å². The van der Waals surface area contributed by atoms with E-state index in [0.717, 1.165) is 22.4 Å². The molecule has 0 atom stereocenters. The first-order valence-electron chi connectivity index (χ1n) is 19.2. The fraction of sp³-hybridized carbons (Fsp3) is 0.224. The number of hydrogen-bond donors (Lipinski definition) is 1. The Morgan fingerprint density at radius 1 is 0.593 bits per heavy atom. The molecule has 0 bridgehead atoms. The summed E-state index contributed by atoms with van der Waals surface area (Å²) in [7, 11) is -2.90. The summed E-state index contributed by atoms with van der Waals surface area (Å²) < 4.78 is 0. The van der Waals surface area contributed by atoms with Crippen molar-refractivity contribution in [2.75, 3.05) is 4.90 Å². The molecule has 0 radical (unpaired) electrons. The Kier molecular flexibility index (Phi) is 7.61. The smallest absolute Gasteiger partial charge is 0.203 e. The second-order valence-corrected chi connectivity index (χ2v) is 21.4. The summed E-state index contributed by atoms with van der Waals surface area (Å²) in [6.07, 6.45) is 5.69. The van der Waals surface area contributed by atoms with Crippen LogP contribution in [0, 0.1) is 0 Å². The first-order valence-corrected chi connectivity index (χ1v) is 21.2. The molecule has 5 heteroatoms. The molecular formula is C49H48N4Si. The van der Waals surface area contributed by atoms with Gasteiger partial charge in [0.15, 0.2) is 0 Å². The number of H-pyrrole nitrogens is 1. The third-order valence-corrected chi connectivity index (χ3v) is 16.7. The van der Waals surface area contributed by atoms with E-state index >= 15 is 0 Å². The van der Waals surface area contributed by atoms with Crippen LogP contribution in [0.3, 0.4) is 0 Å². The van der Waals surface area contributed by atoms with Crippen LogP contribution < -0.4 is 25.8 Å². The van der Waals surface area contributed by atoms with E-state index in [1.54, 1.807) is 0 Å².